The second kappa shape index (κ2) is 10.1. The van der Waals surface area contributed by atoms with E-state index in [9.17, 15) is 33.6 Å². The lowest BCUT2D eigenvalue weighted by atomic mass is 9.94. The number of amides is 1. The van der Waals surface area contributed by atoms with Crippen LogP contribution >= 0.6 is 0 Å². The summed E-state index contributed by atoms with van der Waals surface area (Å²) < 4.78 is 39.4. The van der Waals surface area contributed by atoms with Crippen molar-refractivity contribution >= 4 is 28.8 Å². The van der Waals surface area contributed by atoms with Crippen LogP contribution < -0.4 is 14.4 Å². The SMILES string of the molecule is CCOc1cc(C2/C(=C(\O)c3cccc([N+](=O)[O-])c3)C(=O)C(=O)N2c2ccc(F)cc2F)ccc1OC. The largest absolute Gasteiger partial charge is 0.507 e. The van der Waals surface area contributed by atoms with Gasteiger partial charge in [0.2, 0.25) is 0 Å². The van der Waals surface area contributed by atoms with E-state index in [1.165, 1.54) is 43.5 Å². The monoisotopic (exact) mass is 510 g/mol. The summed E-state index contributed by atoms with van der Waals surface area (Å²) in [6, 6.07) is 10.4. The second-order valence-electron chi connectivity index (χ2n) is 7.92. The molecule has 1 unspecified atom stereocenters. The fourth-order valence-electron chi connectivity index (χ4n) is 4.13. The zero-order valence-corrected chi connectivity index (χ0v) is 19.6. The maximum atomic E-state index is 14.9. The van der Waals surface area contributed by atoms with E-state index < -0.39 is 51.3 Å². The molecule has 0 bridgehead atoms. The average molecular weight is 510 g/mol. The highest BCUT2D eigenvalue weighted by Crippen LogP contribution is 2.45. The number of non-ortho nitro benzene ring substituents is 1. The number of hydrogen-bond donors (Lipinski definition) is 1. The van der Waals surface area contributed by atoms with Gasteiger partial charge in [0.25, 0.3) is 17.4 Å². The van der Waals surface area contributed by atoms with Crippen LogP contribution in [0, 0.1) is 21.7 Å². The molecule has 1 atom stereocenters. The van der Waals surface area contributed by atoms with Gasteiger partial charge in [0.15, 0.2) is 11.5 Å². The van der Waals surface area contributed by atoms with Crippen LogP contribution in [0.3, 0.4) is 0 Å². The predicted octanol–water partition coefficient (Wildman–Crippen LogP) is 4.91. The van der Waals surface area contributed by atoms with E-state index >= 15 is 0 Å². The van der Waals surface area contributed by atoms with E-state index in [2.05, 4.69) is 0 Å². The first-order valence-electron chi connectivity index (χ1n) is 11.0. The molecule has 1 amide bonds. The van der Waals surface area contributed by atoms with Gasteiger partial charge >= 0.3 is 0 Å². The van der Waals surface area contributed by atoms with E-state index in [0.29, 0.717) is 11.8 Å². The number of aliphatic hydroxyl groups is 1. The van der Waals surface area contributed by atoms with E-state index in [1.54, 1.807) is 6.92 Å². The zero-order valence-electron chi connectivity index (χ0n) is 19.6. The van der Waals surface area contributed by atoms with Crippen molar-refractivity contribution in [1.82, 2.24) is 0 Å². The Kier molecular flexibility index (Phi) is 6.87. The van der Waals surface area contributed by atoms with Crippen LogP contribution in [0.2, 0.25) is 0 Å². The number of nitro benzene ring substituents is 1. The lowest BCUT2D eigenvalue weighted by molar-refractivity contribution is -0.384. The van der Waals surface area contributed by atoms with E-state index in [0.717, 1.165) is 23.1 Å². The summed E-state index contributed by atoms with van der Waals surface area (Å²) in [5.41, 5.74) is -1.07. The molecule has 0 aromatic heterocycles. The average Bonchev–Trinajstić information content (AvgIpc) is 3.14. The number of rotatable bonds is 7. The maximum absolute atomic E-state index is 14.9. The Balaban J connectivity index is 2.00. The zero-order chi connectivity index (χ0) is 26.9. The molecule has 0 spiro atoms. The molecule has 0 radical (unpaired) electrons. The van der Waals surface area contributed by atoms with Crippen LogP contribution in [0.1, 0.15) is 24.1 Å². The molecule has 37 heavy (non-hydrogen) atoms. The van der Waals surface area contributed by atoms with Crippen LogP contribution in [0.5, 0.6) is 11.5 Å². The molecule has 1 saturated heterocycles. The number of nitrogens with zero attached hydrogens (tertiary/aromatic N) is 2. The first-order valence-corrected chi connectivity index (χ1v) is 11.0. The van der Waals surface area contributed by atoms with E-state index in [4.69, 9.17) is 9.47 Å². The first-order chi connectivity index (χ1) is 17.7. The van der Waals surface area contributed by atoms with Crippen molar-refractivity contribution in [3.05, 3.63) is 99.1 Å². The Morgan fingerprint density at radius 2 is 1.84 bits per heavy atom. The third-order valence-corrected chi connectivity index (χ3v) is 5.75. The van der Waals surface area contributed by atoms with Crippen molar-refractivity contribution in [3.8, 4) is 11.5 Å². The lowest BCUT2D eigenvalue weighted by Crippen LogP contribution is -2.30. The smallest absolute Gasteiger partial charge is 0.300 e. The molecule has 4 rings (SSSR count). The van der Waals surface area contributed by atoms with Crippen LogP contribution in [0.15, 0.2) is 66.2 Å². The summed E-state index contributed by atoms with van der Waals surface area (Å²) >= 11 is 0. The third-order valence-electron chi connectivity index (χ3n) is 5.75. The number of carbonyl (C=O) groups is 2. The normalized spacial score (nSPS) is 16.6. The number of anilines is 1. The number of hydrogen-bond acceptors (Lipinski definition) is 7. The highest BCUT2D eigenvalue weighted by Gasteiger charge is 2.48. The summed E-state index contributed by atoms with van der Waals surface area (Å²) in [5, 5.41) is 22.4. The molecule has 0 saturated carbocycles. The lowest BCUT2D eigenvalue weighted by Gasteiger charge is -2.26. The number of halogens is 2. The van der Waals surface area contributed by atoms with Gasteiger partial charge in [-0.05, 0) is 36.8 Å². The highest BCUT2D eigenvalue weighted by molar-refractivity contribution is 6.51. The standard InChI is InChI=1S/C26H20F2N2O7/c1-3-37-21-12-14(7-10-20(21)36-2)23-22(24(31)15-5-4-6-17(11-15)30(34)35)25(32)26(33)29(23)19-9-8-16(27)13-18(19)28/h4-13,23,31H,3H2,1-2H3/b24-22+. The molecular formula is C26H20F2N2O7. The van der Waals surface area contributed by atoms with Crippen molar-refractivity contribution < 1.29 is 37.9 Å². The number of methoxy groups -OCH3 is 1. The molecule has 1 heterocycles. The molecule has 9 nitrogen and oxygen atoms in total. The van der Waals surface area contributed by atoms with Crippen molar-refractivity contribution in [2.24, 2.45) is 0 Å². The summed E-state index contributed by atoms with van der Waals surface area (Å²) in [5.74, 6) is -4.46. The molecule has 1 fully saturated rings. The minimum absolute atomic E-state index is 0.102. The summed E-state index contributed by atoms with van der Waals surface area (Å²) in [6.45, 7) is 1.98. The highest BCUT2D eigenvalue weighted by atomic mass is 19.1. The number of Topliss-reactive ketones (excluding diaryl/α,β-unsaturated/α-hetero) is 1. The van der Waals surface area contributed by atoms with Crippen LogP contribution in [0.4, 0.5) is 20.2 Å². The number of ether oxygens (including phenoxy) is 2. The number of aliphatic hydroxyl groups excluding tert-OH is 1. The first kappa shape index (κ1) is 25.3. The Morgan fingerprint density at radius 1 is 1.08 bits per heavy atom. The number of benzene rings is 3. The summed E-state index contributed by atoms with van der Waals surface area (Å²) in [6.07, 6.45) is 0. The van der Waals surface area contributed by atoms with Crippen molar-refractivity contribution in [2.45, 2.75) is 13.0 Å². The second-order valence-corrected chi connectivity index (χ2v) is 7.92. The Morgan fingerprint density at radius 3 is 2.49 bits per heavy atom. The van der Waals surface area contributed by atoms with Gasteiger partial charge in [-0.1, -0.05) is 18.2 Å². The molecule has 1 aliphatic heterocycles. The van der Waals surface area contributed by atoms with Gasteiger partial charge in [-0.3, -0.25) is 24.6 Å². The quantitative estimate of drug-likeness (QED) is 0.158. The van der Waals surface area contributed by atoms with Gasteiger partial charge < -0.3 is 14.6 Å². The molecule has 190 valence electrons. The van der Waals surface area contributed by atoms with Gasteiger partial charge in [0.1, 0.15) is 17.4 Å². The maximum Gasteiger partial charge on any atom is 0.300 e. The van der Waals surface area contributed by atoms with Crippen LogP contribution in [-0.4, -0.2) is 35.4 Å². The third kappa shape index (κ3) is 4.58. The molecular weight excluding hydrogens is 490 g/mol. The van der Waals surface area contributed by atoms with Crippen molar-refractivity contribution in [3.63, 3.8) is 0 Å². The number of ketones is 1. The molecule has 11 heteroatoms. The van der Waals surface area contributed by atoms with E-state index in [-0.39, 0.29) is 29.2 Å². The topological polar surface area (TPSA) is 119 Å². The Hall–Kier alpha value is -4.80. The van der Waals surface area contributed by atoms with E-state index in [1.807, 2.05) is 0 Å². The molecule has 1 aliphatic rings. The minimum atomic E-state index is -1.38. The van der Waals surface area contributed by atoms with Gasteiger partial charge in [-0.2, -0.15) is 0 Å². The van der Waals surface area contributed by atoms with Crippen molar-refractivity contribution in [2.75, 3.05) is 18.6 Å². The minimum Gasteiger partial charge on any atom is -0.507 e. The summed E-state index contributed by atoms with van der Waals surface area (Å²) in [4.78, 5) is 37.8. The molecule has 0 aliphatic carbocycles. The molecule has 1 N–H and O–H groups in total. The molecule has 3 aromatic rings. The van der Waals surface area contributed by atoms with Gasteiger partial charge in [-0.15, -0.1) is 0 Å². The van der Waals surface area contributed by atoms with Gasteiger partial charge in [-0.25, -0.2) is 8.78 Å². The predicted molar refractivity (Wildman–Crippen MR) is 128 cm³/mol. The number of nitro groups is 1. The van der Waals surface area contributed by atoms with Gasteiger partial charge in [0.05, 0.1) is 35.9 Å². The van der Waals surface area contributed by atoms with Crippen molar-refractivity contribution in [1.29, 1.82) is 0 Å². The fourth-order valence-corrected chi connectivity index (χ4v) is 4.13. The van der Waals surface area contributed by atoms with Crippen LogP contribution in [-0.2, 0) is 9.59 Å². The number of carbonyl (C=O) groups excluding carboxylic acids is 2. The molecule has 3 aromatic carbocycles. The van der Waals surface area contributed by atoms with Gasteiger partial charge in [0, 0.05) is 23.8 Å². The Bertz CT molecular complexity index is 1450. The summed E-state index contributed by atoms with van der Waals surface area (Å²) in [7, 11) is 1.42. The van der Waals surface area contributed by atoms with Crippen LogP contribution in [0.25, 0.3) is 5.76 Å². The Labute approximate surface area is 209 Å². The fraction of sp³-hybridized carbons (Fsp3) is 0.154.